The van der Waals surface area contributed by atoms with Crippen molar-refractivity contribution in [2.75, 3.05) is 37.7 Å². The van der Waals surface area contributed by atoms with Crippen LogP contribution in [0, 0.1) is 0 Å². The zero-order valence-corrected chi connectivity index (χ0v) is 67.8. The molecule has 1 aromatic heterocycles. The zero-order valence-electron chi connectivity index (χ0n) is 66.1. The largest absolute Gasteiger partial charge is 0.481 e. The van der Waals surface area contributed by atoms with Crippen molar-refractivity contribution in [1.29, 1.82) is 0 Å². The van der Waals surface area contributed by atoms with Gasteiger partial charge in [0.1, 0.15) is 72.5 Å². The zero-order chi connectivity index (χ0) is 87.8. The molecule has 0 aliphatic carbocycles. The summed E-state index contributed by atoms with van der Waals surface area (Å²) in [5, 5.41) is 83.5. The number of carbonyl (C=O) groups is 16. The third kappa shape index (κ3) is 34.1. The van der Waals surface area contributed by atoms with Gasteiger partial charge in [0, 0.05) is 61.2 Å². The molecule has 39 nitrogen and oxygen atoms in total. The Morgan fingerprint density at radius 3 is 1.28 bits per heavy atom. The molecule has 5 aromatic rings. The molecule has 14 amide bonds. The van der Waals surface area contributed by atoms with E-state index in [0.717, 1.165) is 42.4 Å². The number of aliphatic hydroxyl groups is 3. The van der Waals surface area contributed by atoms with Crippen molar-refractivity contribution in [3.05, 3.63) is 144 Å². The van der Waals surface area contributed by atoms with Gasteiger partial charge in [-0.3, -0.25) is 71.9 Å². The van der Waals surface area contributed by atoms with Gasteiger partial charge in [-0.1, -0.05) is 131 Å². The monoisotopic (exact) mass is 1700 g/mol. The molecule has 0 saturated carbocycles. The topological polar surface area (TPSA) is 651 Å². The lowest BCUT2D eigenvalue weighted by Crippen LogP contribution is -2.63. The molecule has 2 heterocycles. The van der Waals surface area contributed by atoms with E-state index in [0.29, 0.717) is 39.6 Å². The van der Waals surface area contributed by atoms with Crippen LogP contribution >= 0.6 is 21.6 Å². The summed E-state index contributed by atoms with van der Waals surface area (Å²) < 4.78 is 0. The number of aromatic nitrogens is 1. The second kappa shape index (κ2) is 50.9. The maximum atomic E-state index is 15.4. The number of aliphatic hydroxyl groups excluding tert-OH is 3. The Balaban J connectivity index is 0.00000616. The van der Waals surface area contributed by atoms with E-state index in [1.165, 1.54) is 6.92 Å². The van der Waals surface area contributed by atoms with Crippen LogP contribution in [0.15, 0.2) is 121 Å². The van der Waals surface area contributed by atoms with Crippen LogP contribution < -0.4 is 92.1 Å². The number of para-hydroxylation sites is 1. The second-order valence-electron chi connectivity index (χ2n) is 28.1. The van der Waals surface area contributed by atoms with E-state index in [9.17, 15) is 78.0 Å². The van der Waals surface area contributed by atoms with E-state index in [1.807, 2.05) is 0 Å². The van der Waals surface area contributed by atoms with Crippen molar-refractivity contribution in [1.82, 2.24) is 74.1 Å². The molecule has 2 unspecified atom stereocenters. The first kappa shape index (κ1) is 98.0. The molecule has 1 saturated heterocycles. The van der Waals surface area contributed by atoms with Crippen LogP contribution in [-0.4, -0.2) is 254 Å². The van der Waals surface area contributed by atoms with E-state index >= 15 is 14.4 Å². The molecule has 1 aliphatic rings. The molecule has 1 fully saturated rings. The van der Waals surface area contributed by atoms with E-state index in [2.05, 4.69) is 74.1 Å². The molecule has 648 valence electrons. The number of aliphatic carboxylic acids is 2. The summed E-state index contributed by atoms with van der Waals surface area (Å²) in [5.74, 6) is -18.6. The summed E-state index contributed by atoms with van der Waals surface area (Å²) in [5.41, 5.74) is 25.6. The molecule has 6 rings (SSSR count). The number of carboxylic acid groups (broad SMARTS) is 2. The number of fused-ring (bicyclic) bond motifs is 1. The van der Waals surface area contributed by atoms with Gasteiger partial charge in [-0.05, 0) is 101 Å². The van der Waals surface area contributed by atoms with Crippen LogP contribution in [-0.2, 0) is 102 Å². The van der Waals surface area contributed by atoms with Crippen molar-refractivity contribution in [3.63, 3.8) is 0 Å². The molecular formula is C78H108N18O21S2. The van der Waals surface area contributed by atoms with Gasteiger partial charge >= 0.3 is 5.97 Å². The number of nitrogens with two attached hydrogens (primary N) is 4. The molecule has 0 bridgehead atoms. The number of carboxylic acids is 2. The molecule has 4 aromatic carbocycles. The third-order valence-corrected chi connectivity index (χ3v) is 20.7. The van der Waals surface area contributed by atoms with Crippen LogP contribution in [0.2, 0.25) is 0 Å². The summed E-state index contributed by atoms with van der Waals surface area (Å²) >= 11 is 0. The number of hydrogen-bond acceptors (Lipinski definition) is 24. The Labute approximate surface area is 693 Å². The minimum atomic E-state index is -1.99. The van der Waals surface area contributed by atoms with Crippen LogP contribution in [0.25, 0.3) is 10.9 Å². The maximum absolute atomic E-state index is 15.4. The highest BCUT2D eigenvalue weighted by Gasteiger charge is 2.40. The van der Waals surface area contributed by atoms with Gasteiger partial charge < -0.3 is 123 Å². The van der Waals surface area contributed by atoms with Crippen molar-refractivity contribution in [2.45, 2.75) is 189 Å². The van der Waals surface area contributed by atoms with Gasteiger partial charge in [0.05, 0.1) is 37.8 Å². The summed E-state index contributed by atoms with van der Waals surface area (Å²) in [7, 11) is 1.49. The molecule has 41 heteroatoms. The molecule has 0 radical (unpaired) electrons. The lowest BCUT2D eigenvalue weighted by atomic mass is 10.00. The predicted molar refractivity (Wildman–Crippen MR) is 438 cm³/mol. The molecule has 119 heavy (non-hydrogen) atoms. The van der Waals surface area contributed by atoms with E-state index in [4.69, 9.17) is 32.8 Å². The third-order valence-electron chi connectivity index (χ3n) is 18.3. The van der Waals surface area contributed by atoms with Gasteiger partial charge in [-0.25, -0.2) is 4.79 Å². The Morgan fingerprint density at radius 1 is 0.471 bits per heavy atom. The number of rotatable bonds is 26. The van der Waals surface area contributed by atoms with Gasteiger partial charge in [0.15, 0.2) is 0 Å². The first-order valence-corrected chi connectivity index (χ1v) is 40.8. The number of benzene rings is 4. The first-order chi connectivity index (χ1) is 56.6. The number of nitrogens with one attached hydrogen (secondary N) is 14. The fraction of sp³-hybridized carbons (Fsp3) is 0.462. The number of carbonyl (C=O) groups excluding carboxylic acids is 14. The van der Waals surface area contributed by atoms with E-state index in [-0.39, 0.29) is 70.9 Å². The van der Waals surface area contributed by atoms with Gasteiger partial charge in [0.25, 0.3) is 5.97 Å². The van der Waals surface area contributed by atoms with Crippen LogP contribution in [0.3, 0.4) is 0 Å². The fourth-order valence-electron chi connectivity index (χ4n) is 11.9. The van der Waals surface area contributed by atoms with Crippen molar-refractivity contribution in [2.24, 2.45) is 22.9 Å². The molecule has 15 atom stereocenters. The number of H-pyrrole nitrogens is 1. The van der Waals surface area contributed by atoms with E-state index in [1.54, 1.807) is 121 Å². The average molecular weight is 1700 g/mol. The number of primary amides is 1. The Morgan fingerprint density at radius 2 is 0.840 bits per heavy atom. The maximum Gasteiger partial charge on any atom is 0.327 e. The van der Waals surface area contributed by atoms with Crippen LogP contribution in [0.5, 0.6) is 0 Å². The number of aromatic amines is 1. The smallest absolute Gasteiger partial charge is 0.327 e. The lowest BCUT2D eigenvalue weighted by Gasteiger charge is -2.29. The Kier molecular flexibility index (Phi) is 41.9. The molecule has 1 aliphatic heterocycles. The van der Waals surface area contributed by atoms with Crippen LogP contribution in [0.1, 0.15) is 94.9 Å². The fourth-order valence-corrected chi connectivity index (χ4v) is 14.3. The van der Waals surface area contributed by atoms with Crippen molar-refractivity contribution in [3.8, 4) is 0 Å². The highest BCUT2D eigenvalue weighted by atomic mass is 33.1. The molecular weight excluding hydrogens is 1590 g/mol. The minimum absolute atomic E-state index is 0.104. The predicted octanol–water partition coefficient (Wildman–Crippen LogP) is -4.82. The van der Waals surface area contributed by atoms with Crippen molar-refractivity contribution < 1.29 is 102 Å². The first-order valence-electron chi connectivity index (χ1n) is 38.3. The van der Waals surface area contributed by atoms with Gasteiger partial charge in [0.2, 0.25) is 82.7 Å². The second-order valence-corrected chi connectivity index (χ2v) is 30.7. The Hall–Kier alpha value is -11.6. The van der Waals surface area contributed by atoms with Gasteiger partial charge in [-0.15, -0.1) is 0 Å². The summed E-state index contributed by atoms with van der Waals surface area (Å²) in [4.78, 5) is 226. The number of hydrogen-bond donors (Lipinski definition) is 23. The van der Waals surface area contributed by atoms with Crippen LogP contribution in [0.4, 0.5) is 0 Å². The quantitative estimate of drug-likeness (QED) is 0.0182. The summed E-state index contributed by atoms with van der Waals surface area (Å²) in [6, 6.07) is 9.57. The van der Waals surface area contributed by atoms with E-state index < -0.39 is 216 Å². The number of amides is 14. The standard InChI is InChI=1S/C76H104N18O19S2.C2H4O2/c1-41(79)64(100)82-37-61(99)83-58-39-114-115-40-59(76(112)113)92-72(108)57(38-95)91-75(111)63(43(3)97)94-71(107)54(33-46-23-11-6-12-24-46)90-74(110)62(42(2)96)93-66(102)51(28-16-18-30-78)84-69(105)55(34-47-36-81-49-26-14-13-25-48(47)49)88-68(104)53(32-45-21-9-5-10-22-45)86-67(103)52(31-44-19-7-4-8-20-44)87-70(106)56(35-60(80)98)89-65(101)50(85-73(58)109)27-15-17-29-77;1-2(3)4/h4-14,19-26,36,41-43,50-59,62-63,81,95-97H,15-18,27-35,37-40,77-79H2,1-3H3,(H2,80,98)(H,82,100)(H,83,99)(H,84,105)(H,85,109)(H,86,103)(H,87,106)(H,88,104)(H,89,101)(H,90,110)(H,91,111)(H,92,108)(H,93,102)(H,94,107)(H,112,113);1H3,(H,3,4)/t41-,42+,43+,50+,51+,52+,53+,54+,55+,56-,57+,58-,59+,62?,63?;/m0./s1. The average Bonchev–Trinajstić information content (AvgIpc) is 1.67. The minimum Gasteiger partial charge on any atom is -0.481 e. The highest BCUT2D eigenvalue weighted by molar-refractivity contribution is 8.76. The SMILES string of the molecule is CC(=O)O.C[C@H](N)C(=O)NCC(=O)N[C@H]1CSSC[C@H](C(=O)O)NC(=O)[C@@H](CO)NC(=O)C([C@@H](C)O)NC(=O)[C@@H](Cc2ccccc2)NC(=O)C([C@@H](C)O)NC(=O)[C@@H](CCCCN)NC(=O)[C@@H](Cc2c[nH]c3ccccc23)NC(=O)[C@@H](Cc2ccccc2)NC(=O)[C@@H](Cc2ccccc2)NC(=O)[C@H](CC(N)=O)NC(=O)[C@@H](CCCCN)NC1=O. The highest BCUT2D eigenvalue weighted by Crippen LogP contribution is 2.25. The van der Waals surface area contributed by atoms with Crippen molar-refractivity contribution >= 4 is 127 Å². The summed E-state index contributed by atoms with van der Waals surface area (Å²) in [6.45, 7) is 2.96. The van der Waals surface area contributed by atoms with Gasteiger partial charge in [-0.2, -0.15) is 0 Å². The lowest BCUT2D eigenvalue weighted by molar-refractivity contribution is -0.142. The molecule has 0 spiro atoms. The number of unbranched alkanes of at least 4 members (excludes halogenated alkanes) is 2. The normalized spacial score (nSPS) is 23.2. The summed E-state index contributed by atoms with van der Waals surface area (Å²) in [6.07, 6.45) is -3.48. The molecule has 27 N–H and O–H groups in total. The Bertz CT molecular complexity index is 4240.